The van der Waals surface area contributed by atoms with E-state index < -0.39 is 65.4 Å². The van der Waals surface area contributed by atoms with Crippen LogP contribution in [-0.2, 0) is 42.9 Å². The minimum Gasteiger partial charge on any atom is -0.497 e. The molecule has 2 rings (SSSR count). The number of hydrogen-bond acceptors (Lipinski definition) is 11. The zero-order valence-electron chi connectivity index (χ0n) is 20.0. The van der Waals surface area contributed by atoms with E-state index in [1.165, 1.54) is 19.3 Å². The molecule has 1 saturated carbocycles. The van der Waals surface area contributed by atoms with Gasteiger partial charge in [0.2, 0.25) is 0 Å². The van der Waals surface area contributed by atoms with Crippen LogP contribution in [0, 0.1) is 23.7 Å². The minimum absolute atomic E-state index is 0.586. The van der Waals surface area contributed by atoms with Gasteiger partial charge < -0.3 is 28.8 Å². The summed E-state index contributed by atoms with van der Waals surface area (Å²) in [7, 11) is 5.57. The third-order valence-corrected chi connectivity index (χ3v) is 6.03. The number of Topliss-reactive ketones (excluding diaryl/α,β-unsaturated/α-hetero) is 1. The number of carbonyl (C=O) groups excluding carboxylic acids is 5. The summed E-state index contributed by atoms with van der Waals surface area (Å²) >= 11 is 0. The topological polar surface area (TPSA) is 152 Å². The van der Waals surface area contributed by atoms with Gasteiger partial charge in [-0.25, -0.2) is 0 Å². The van der Waals surface area contributed by atoms with Crippen molar-refractivity contribution in [3.05, 3.63) is 35.9 Å². The maximum Gasteiger partial charge on any atom is 0.319 e. The van der Waals surface area contributed by atoms with Crippen LogP contribution < -0.4 is 4.74 Å². The van der Waals surface area contributed by atoms with Gasteiger partial charge in [0.1, 0.15) is 23.2 Å². The third kappa shape index (κ3) is 5.51. The number of ether oxygens (including phenoxy) is 5. The zero-order chi connectivity index (χ0) is 26.3. The lowest BCUT2D eigenvalue weighted by atomic mass is 9.57. The lowest BCUT2D eigenvalue weighted by Gasteiger charge is -2.47. The van der Waals surface area contributed by atoms with E-state index in [1.807, 2.05) is 0 Å². The normalized spacial score (nSPS) is 26.1. The summed E-state index contributed by atoms with van der Waals surface area (Å²) in [5.74, 6) is -11.6. The van der Waals surface area contributed by atoms with Gasteiger partial charge in [-0.3, -0.25) is 24.0 Å². The zero-order valence-corrected chi connectivity index (χ0v) is 20.0. The molecule has 0 spiro atoms. The molecule has 1 aliphatic rings. The second-order valence-corrected chi connectivity index (χ2v) is 7.81. The van der Waals surface area contributed by atoms with Crippen LogP contribution in [0.15, 0.2) is 30.3 Å². The first-order chi connectivity index (χ1) is 16.6. The molecule has 1 aliphatic carbocycles. The maximum absolute atomic E-state index is 13.5. The van der Waals surface area contributed by atoms with Crippen molar-refractivity contribution in [1.82, 2.24) is 0 Å². The van der Waals surface area contributed by atoms with Gasteiger partial charge in [-0.2, -0.15) is 0 Å². The summed E-state index contributed by atoms with van der Waals surface area (Å²) in [6.45, 7) is 0. The molecule has 0 aliphatic heterocycles. The molecular weight excluding hydrogens is 464 g/mol. The molecule has 11 heteroatoms. The van der Waals surface area contributed by atoms with E-state index in [-0.39, 0.29) is 0 Å². The molecule has 0 unspecified atom stereocenters. The predicted molar refractivity (Wildman–Crippen MR) is 119 cm³/mol. The van der Waals surface area contributed by atoms with E-state index in [0.717, 1.165) is 28.4 Å². The van der Waals surface area contributed by atoms with E-state index in [0.29, 0.717) is 11.3 Å². The highest BCUT2D eigenvalue weighted by Gasteiger charge is 2.66. The number of allylic oxidation sites excluding steroid dienone is 1. The number of hydrogen-bond donors (Lipinski definition) is 1. The van der Waals surface area contributed by atoms with Crippen LogP contribution in [0.4, 0.5) is 0 Å². The van der Waals surface area contributed by atoms with E-state index in [1.54, 1.807) is 24.3 Å². The molecule has 0 bridgehead atoms. The molecule has 0 amide bonds. The Morgan fingerprint density at radius 3 is 1.94 bits per heavy atom. The van der Waals surface area contributed by atoms with Crippen LogP contribution >= 0.6 is 0 Å². The monoisotopic (exact) mass is 492 g/mol. The average molecular weight is 492 g/mol. The summed E-state index contributed by atoms with van der Waals surface area (Å²) in [5, 5.41) is 11.6. The molecule has 190 valence electrons. The largest absolute Gasteiger partial charge is 0.497 e. The van der Waals surface area contributed by atoms with E-state index >= 15 is 0 Å². The van der Waals surface area contributed by atoms with Crippen LogP contribution in [0.3, 0.4) is 0 Å². The number of esters is 4. The van der Waals surface area contributed by atoms with Gasteiger partial charge in [0.05, 0.1) is 47.9 Å². The van der Waals surface area contributed by atoms with Gasteiger partial charge in [-0.1, -0.05) is 24.3 Å². The van der Waals surface area contributed by atoms with Crippen molar-refractivity contribution < 1.29 is 52.8 Å². The Kier molecular flexibility index (Phi) is 9.12. The first-order valence-electron chi connectivity index (χ1n) is 10.5. The van der Waals surface area contributed by atoms with Crippen molar-refractivity contribution in [1.29, 1.82) is 0 Å². The Morgan fingerprint density at radius 2 is 1.46 bits per heavy atom. The Balaban J connectivity index is 2.75. The minimum atomic E-state index is -2.62. The molecule has 11 nitrogen and oxygen atoms in total. The number of methoxy groups -OCH3 is 5. The Hall–Kier alpha value is -3.73. The number of ketones is 1. The summed E-state index contributed by atoms with van der Waals surface area (Å²) in [4.78, 5) is 64.0. The molecule has 1 fully saturated rings. The van der Waals surface area contributed by atoms with Crippen molar-refractivity contribution in [3.63, 3.8) is 0 Å². The molecular formula is C24H28O11. The van der Waals surface area contributed by atoms with Crippen LogP contribution in [-0.4, -0.2) is 75.9 Å². The fourth-order valence-electron chi connectivity index (χ4n) is 4.32. The summed E-state index contributed by atoms with van der Waals surface area (Å²) in [6, 6.07) is 6.70. The fraction of sp³-hybridized carbons (Fsp3) is 0.458. The summed E-state index contributed by atoms with van der Waals surface area (Å²) < 4.78 is 24.0. The van der Waals surface area contributed by atoms with E-state index in [9.17, 15) is 29.1 Å². The molecule has 1 aromatic carbocycles. The summed E-state index contributed by atoms with van der Waals surface area (Å²) in [6.07, 6.45) is 1.95. The molecule has 0 heterocycles. The molecule has 5 atom stereocenters. The van der Waals surface area contributed by atoms with Gasteiger partial charge in [0.25, 0.3) is 0 Å². The molecule has 0 saturated heterocycles. The van der Waals surface area contributed by atoms with E-state index in [4.69, 9.17) is 14.2 Å². The van der Waals surface area contributed by atoms with Crippen LogP contribution in [0.25, 0.3) is 6.08 Å². The lowest BCUT2D eigenvalue weighted by molar-refractivity contribution is -0.194. The standard InChI is InChI=1S/C24H28O11/c1-31-14-9-6-13(7-10-14)8-11-15-17(21(27)33-3)20(26)19(23(29)35-5)24(30,12-16(25)32-2)18(15)22(28)34-4/h6-11,15,17-19,30H,12H2,1-5H3/b11-8+/t15-,17-,18-,19+,24+/m0/s1. The number of aliphatic hydroxyl groups is 1. The Bertz CT molecular complexity index is 997. The molecule has 0 aromatic heterocycles. The molecule has 1 aromatic rings. The van der Waals surface area contributed by atoms with Gasteiger partial charge in [-0.15, -0.1) is 0 Å². The average Bonchev–Trinajstić information content (AvgIpc) is 2.86. The first kappa shape index (κ1) is 27.5. The van der Waals surface area contributed by atoms with Crippen molar-refractivity contribution in [3.8, 4) is 5.75 Å². The Labute approximate surface area is 201 Å². The van der Waals surface area contributed by atoms with Crippen LogP contribution in [0.2, 0.25) is 0 Å². The first-order valence-corrected chi connectivity index (χ1v) is 10.5. The SMILES string of the molecule is COC(=O)C[C@]1(O)[C@@H](C(=O)OC)C(=O)[C@@H](C(=O)OC)[C@H](/C=C/c2ccc(OC)cc2)[C@H]1C(=O)OC. The predicted octanol–water partition coefficient (Wildman–Crippen LogP) is 0.569. The summed E-state index contributed by atoms with van der Waals surface area (Å²) in [5.41, 5.74) is -2.01. The highest BCUT2D eigenvalue weighted by Crippen LogP contribution is 2.47. The number of carbonyl (C=O) groups is 5. The molecule has 1 N–H and O–H groups in total. The second-order valence-electron chi connectivity index (χ2n) is 7.81. The fourth-order valence-corrected chi connectivity index (χ4v) is 4.32. The smallest absolute Gasteiger partial charge is 0.319 e. The van der Waals surface area contributed by atoms with Crippen molar-refractivity contribution in [2.24, 2.45) is 23.7 Å². The van der Waals surface area contributed by atoms with E-state index in [2.05, 4.69) is 9.47 Å². The second kappa shape index (κ2) is 11.6. The van der Waals surface area contributed by atoms with Gasteiger partial charge in [0, 0.05) is 5.92 Å². The third-order valence-electron chi connectivity index (χ3n) is 6.03. The van der Waals surface area contributed by atoms with Gasteiger partial charge in [-0.05, 0) is 17.7 Å². The quantitative estimate of drug-likeness (QED) is 0.308. The van der Waals surface area contributed by atoms with Crippen molar-refractivity contribution in [2.45, 2.75) is 12.0 Å². The molecule has 0 radical (unpaired) electrons. The van der Waals surface area contributed by atoms with Crippen LogP contribution in [0.1, 0.15) is 12.0 Å². The van der Waals surface area contributed by atoms with Crippen molar-refractivity contribution in [2.75, 3.05) is 35.5 Å². The molecule has 35 heavy (non-hydrogen) atoms. The highest BCUT2D eigenvalue weighted by atomic mass is 16.5. The maximum atomic E-state index is 13.5. The highest BCUT2D eigenvalue weighted by molar-refractivity contribution is 6.11. The lowest BCUT2D eigenvalue weighted by Crippen LogP contribution is -2.65. The van der Waals surface area contributed by atoms with Crippen molar-refractivity contribution >= 4 is 35.7 Å². The van der Waals surface area contributed by atoms with Gasteiger partial charge in [0.15, 0.2) is 5.78 Å². The van der Waals surface area contributed by atoms with Gasteiger partial charge >= 0.3 is 23.9 Å². The number of rotatable bonds is 8. The Morgan fingerprint density at radius 1 is 0.886 bits per heavy atom. The van der Waals surface area contributed by atoms with Crippen LogP contribution in [0.5, 0.6) is 5.75 Å². The number of benzene rings is 1.